The third-order valence-corrected chi connectivity index (χ3v) is 4.74. The molecule has 0 bridgehead atoms. The lowest BCUT2D eigenvalue weighted by atomic mass is 10.1. The molecule has 0 atom stereocenters. The standard InChI is InChI=1S/C25H24N4O/c1-30-23-15-9-8-14-21(23)18-27-25-28-22(20-12-6-3-7-13-20)16-24(29-25)26-17-19-10-4-2-5-11-19/h2-16H,17-18H2,1H3,(H2,26,27,28,29). The molecule has 0 radical (unpaired) electrons. The van der Waals surface area contributed by atoms with E-state index < -0.39 is 0 Å². The van der Waals surface area contributed by atoms with Gasteiger partial charge in [0, 0.05) is 30.3 Å². The van der Waals surface area contributed by atoms with E-state index in [2.05, 4.69) is 27.8 Å². The lowest BCUT2D eigenvalue weighted by Gasteiger charge is -2.13. The number of anilines is 2. The molecule has 5 heteroatoms. The summed E-state index contributed by atoms with van der Waals surface area (Å²) in [5.74, 6) is 2.18. The number of aromatic nitrogens is 2. The van der Waals surface area contributed by atoms with Crippen LogP contribution in [0.2, 0.25) is 0 Å². The summed E-state index contributed by atoms with van der Waals surface area (Å²) in [5, 5.41) is 6.76. The van der Waals surface area contributed by atoms with Crippen LogP contribution in [-0.2, 0) is 13.1 Å². The van der Waals surface area contributed by atoms with Gasteiger partial charge in [0.1, 0.15) is 11.6 Å². The highest BCUT2D eigenvalue weighted by Crippen LogP contribution is 2.23. The molecule has 0 aliphatic carbocycles. The number of ether oxygens (including phenoxy) is 1. The highest BCUT2D eigenvalue weighted by molar-refractivity contribution is 5.64. The molecule has 4 aromatic rings. The van der Waals surface area contributed by atoms with Crippen molar-refractivity contribution in [3.63, 3.8) is 0 Å². The number of hydrogen-bond donors (Lipinski definition) is 2. The minimum absolute atomic E-state index is 0.567. The van der Waals surface area contributed by atoms with E-state index in [9.17, 15) is 0 Å². The van der Waals surface area contributed by atoms with Gasteiger partial charge in [0.05, 0.1) is 12.8 Å². The molecule has 0 aliphatic heterocycles. The number of nitrogens with zero attached hydrogens (tertiary/aromatic N) is 2. The van der Waals surface area contributed by atoms with Crippen molar-refractivity contribution in [3.8, 4) is 17.0 Å². The van der Waals surface area contributed by atoms with Crippen LogP contribution in [0.25, 0.3) is 11.3 Å². The van der Waals surface area contributed by atoms with Gasteiger partial charge in [0.15, 0.2) is 0 Å². The van der Waals surface area contributed by atoms with Crippen molar-refractivity contribution in [2.45, 2.75) is 13.1 Å². The van der Waals surface area contributed by atoms with E-state index in [1.54, 1.807) is 7.11 Å². The molecule has 0 saturated carbocycles. The maximum absolute atomic E-state index is 5.44. The second kappa shape index (κ2) is 9.56. The van der Waals surface area contributed by atoms with E-state index in [0.29, 0.717) is 19.0 Å². The molecule has 4 rings (SSSR count). The lowest BCUT2D eigenvalue weighted by Crippen LogP contribution is -2.08. The van der Waals surface area contributed by atoms with Gasteiger partial charge in [0.25, 0.3) is 0 Å². The lowest BCUT2D eigenvalue weighted by molar-refractivity contribution is 0.410. The number of hydrogen-bond acceptors (Lipinski definition) is 5. The van der Waals surface area contributed by atoms with Crippen LogP contribution in [0.15, 0.2) is 91.0 Å². The molecule has 1 heterocycles. The van der Waals surface area contributed by atoms with Crippen LogP contribution in [0.3, 0.4) is 0 Å². The van der Waals surface area contributed by atoms with Crippen LogP contribution in [0.4, 0.5) is 11.8 Å². The first-order valence-corrected chi connectivity index (χ1v) is 9.90. The molecule has 0 unspecified atom stereocenters. The summed E-state index contributed by atoms with van der Waals surface area (Å²) in [5.41, 5.74) is 4.15. The maximum Gasteiger partial charge on any atom is 0.225 e. The zero-order valence-corrected chi connectivity index (χ0v) is 16.9. The maximum atomic E-state index is 5.44. The van der Waals surface area contributed by atoms with Gasteiger partial charge in [-0.15, -0.1) is 0 Å². The van der Waals surface area contributed by atoms with E-state index in [-0.39, 0.29) is 0 Å². The second-order valence-corrected chi connectivity index (χ2v) is 6.83. The molecular weight excluding hydrogens is 372 g/mol. The Bertz CT molecular complexity index is 1080. The van der Waals surface area contributed by atoms with Gasteiger partial charge in [0.2, 0.25) is 5.95 Å². The third-order valence-electron chi connectivity index (χ3n) is 4.74. The fraction of sp³-hybridized carbons (Fsp3) is 0.120. The highest BCUT2D eigenvalue weighted by atomic mass is 16.5. The quantitative estimate of drug-likeness (QED) is 0.419. The number of benzene rings is 3. The Morgan fingerprint density at radius 1 is 0.733 bits per heavy atom. The van der Waals surface area contributed by atoms with E-state index in [0.717, 1.165) is 28.4 Å². The Morgan fingerprint density at radius 2 is 1.43 bits per heavy atom. The van der Waals surface area contributed by atoms with E-state index in [1.165, 1.54) is 5.56 Å². The second-order valence-electron chi connectivity index (χ2n) is 6.83. The number of rotatable bonds is 8. The summed E-state index contributed by atoms with van der Waals surface area (Å²) >= 11 is 0. The van der Waals surface area contributed by atoms with Crippen molar-refractivity contribution in [1.82, 2.24) is 9.97 Å². The molecule has 3 aromatic carbocycles. The van der Waals surface area contributed by atoms with Crippen molar-refractivity contribution >= 4 is 11.8 Å². The molecule has 150 valence electrons. The van der Waals surface area contributed by atoms with Gasteiger partial charge in [-0.25, -0.2) is 4.98 Å². The average Bonchev–Trinajstić information content (AvgIpc) is 2.83. The predicted octanol–water partition coefficient (Wildman–Crippen LogP) is 5.38. The summed E-state index contributed by atoms with van der Waals surface area (Å²) in [6.07, 6.45) is 0. The summed E-state index contributed by atoms with van der Waals surface area (Å²) in [6.45, 7) is 1.26. The molecule has 5 nitrogen and oxygen atoms in total. The molecule has 0 amide bonds. The Hall–Kier alpha value is -3.86. The van der Waals surface area contributed by atoms with Gasteiger partial charge in [-0.1, -0.05) is 78.9 Å². The Balaban J connectivity index is 1.58. The molecule has 1 aromatic heterocycles. The zero-order chi connectivity index (χ0) is 20.6. The van der Waals surface area contributed by atoms with Crippen LogP contribution in [0.1, 0.15) is 11.1 Å². The Kier molecular flexibility index (Phi) is 6.20. The summed E-state index contributed by atoms with van der Waals surface area (Å²) in [7, 11) is 1.68. The first-order valence-electron chi connectivity index (χ1n) is 9.90. The molecule has 0 saturated heterocycles. The summed E-state index contributed by atoms with van der Waals surface area (Å²) in [6, 6.07) is 30.3. The minimum atomic E-state index is 0.567. The number of nitrogens with one attached hydrogen (secondary N) is 2. The van der Waals surface area contributed by atoms with Crippen molar-refractivity contribution in [1.29, 1.82) is 0 Å². The molecule has 2 N–H and O–H groups in total. The molecule has 30 heavy (non-hydrogen) atoms. The monoisotopic (exact) mass is 396 g/mol. The van der Waals surface area contributed by atoms with Crippen molar-refractivity contribution in [2.24, 2.45) is 0 Å². The Labute approximate surface area is 176 Å². The number of methoxy groups -OCH3 is 1. The van der Waals surface area contributed by atoms with Crippen molar-refractivity contribution in [3.05, 3.63) is 102 Å². The van der Waals surface area contributed by atoms with E-state index >= 15 is 0 Å². The van der Waals surface area contributed by atoms with E-state index in [1.807, 2.05) is 78.9 Å². The molecular formula is C25H24N4O. The number of para-hydroxylation sites is 1. The average molecular weight is 396 g/mol. The normalized spacial score (nSPS) is 10.4. The van der Waals surface area contributed by atoms with Crippen LogP contribution in [-0.4, -0.2) is 17.1 Å². The van der Waals surface area contributed by atoms with Crippen LogP contribution in [0, 0.1) is 0 Å². The van der Waals surface area contributed by atoms with Gasteiger partial charge < -0.3 is 15.4 Å². The van der Waals surface area contributed by atoms with Crippen molar-refractivity contribution in [2.75, 3.05) is 17.7 Å². The summed E-state index contributed by atoms with van der Waals surface area (Å²) in [4.78, 5) is 9.40. The molecule has 0 fully saturated rings. The summed E-state index contributed by atoms with van der Waals surface area (Å²) < 4.78 is 5.44. The molecule has 0 aliphatic rings. The smallest absolute Gasteiger partial charge is 0.225 e. The third kappa shape index (κ3) is 4.94. The minimum Gasteiger partial charge on any atom is -0.496 e. The molecule has 0 spiro atoms. The SMILES string of the molecule is COc1ccccc1CNc1nc(NCc2ccccc2)cc(-c2ccccc2)n1. The van der Waals surface area contributed by atoms with Gasteiger partial charge in [-0.05, 0) is 11.6 Å². The Morgan fingerprint density at radius 3 is 2.20 bits per heavy atom. The van der Waals surface area contributed by atoms with Crippen LogP contribution >= 0.6 is 0 Å². The van der Waals surface area contributed by atoms with Crippen molar-refractivity contribution < 1.29 is 4.74 Å². The van der Waals surface area contributed by atoms with Crippen LogP contribution < -0.4 is 15.4 Å². The first kappa shape index (κ1) is 19.5. The fourth-order valence-electron chi connectivity index (χ4n) is 3.19. The van der Waals surface area contributed by atoms with E-state index in [4.69, 9.17) is 9.72 Å². The van der Waals surface area contributed by atoms with Gasteiger partial charge in [-0.3, -0.25) is 0 Å². The zero-order valence-electron chi connectivity index (χ0n) is 16.9. The van der Waals surface area contributed by atoms with Gasteiger partial charge in [-0.2, -0.15) is 4.98 Å². The topological polar surface area (TPSA) is 59.1 Å². The highest BCUT2D eigenvalue weighted by Gasteiger charge is 2.08. The first-order chi connectivity index (χ1) is 14.8. The predicted molar refractivity (Wildman–Crippen MR) is 122 cm³/mol. The fourth-order valence-corrected chi connectivity index (χ4v) is 3.19. The largest absolute Gasteiger partial charge is 0.496 e. The van der Waals surface area contributed by atoms with Crippen LogP contribution in [0.5, 0.6) is 5.75 Å². The van der Waals surface area contributed by atoms with Gasteiger partial charge >= 0.3 is 0 Å².